The van der Waals surface area contributed by atoms with E-state index in [2.05, 4.69) is 15.8 Å². The molecule has 176 valence electrons. The maximum absolute atomic E-state index is 12.3. The van der Waals surface area contributed by atoms with Gasteiger partial charge in [0.25, 0.3) is 0 Å². The van der Waals surface area contributed by atoms with Gasteiger partial charge in [0.05, 0.1) is 13.3 Å². The molecule has 0 atom stereocenters. The summed E-state index contributed by atoms with van der Waals surface area (Å²) in [7, 11) is 1.56. The number of nitrogens with one attached hydrogen (secondary N) is 2. The number of carbonyl (C=O) groups is 2. The van der Waals surface area contributed by atoms with Crippen molar-refractivity contribution in [2.24, 2.45) is 5.10 Å². The van der Waals surface area contributed by atoms with E-state index in [0.717, 1.165) is 21.9 Å². The quantitative estimate of drug-likeness (QED) is 0.208. The SMILES string of the molecule is COc1ccc(NC(=O)CC(=O)NN=Cc2c(OCc3ccccc3)ccc3ccccc23)cc1. The van der Waals surface area contributed by atoms with E-state index in [9.17, 15) is 9.59 Å². The molecule has 4 aromatic rings. The first kappa shape index (κ1) is 23.5. The van der Waals surface area contributed by atoms with Crippen LogP contribution in [0.5, 0.6) is 11.5 Å². The number of anilines is 1. The summed E-state index contributed by atoms with van der Waals surface area (Å²) in [6, 6.07) is 28.4. The van der Waals surface area contributed by atoms with Gasteiger partial charge in [-0.2, -0.15) is 5.10 Å². The molecule has 0 aliphatic rings. The van der Waals surface area contributed by atoms with E-state index in [0.29, 0.717) is 23.8 Å². The van der Waals surface area contributed by atoms with Crippen LogP contribution in [0.15, 0.2) is 96.1 Å². The van der Waals surface area contributed by atoms with E-state index in [1.807, 2.05) is 66.7 Å². The molecule has 0 heterocycles. The van der Waals surface area contributed by atoms with Crippen molar-refractivity contribution in [1.29, 1.82) is 0 Å². The molecule has 0 saturated heterocycles. The van der Waals surface area contributed by atoms with Crippen molar-refractivity contribution in [2.45, 2.75) is 13.0 Å². The zero-order chi connectivity index (χ0) is 24.5. The average molecular weight is 468 g/mol. The van der Waals surface area contributed by atoms with Crippen molar-refractivity contribution in [2.75, 3.05) is 12.4 Å². The molecule has 2 amide bonds. The van der Waals surface area contributed by atoms with E-state index in [4.69, 9.17) is 9.47 Å². The minimum Gasteiger partial charge on any atom is -0.497 e. The van der Waals surface area contributed by atoms with E-state index >= 15 is 0 Å². The molecule has 4 aromatic carbocycles. The molecule has 7 nitrogen and oxygen atoms in total. The molecule has 2 N–H and O–H groups in total. The second-order valence-corrected chi connectivity index (χ2v) is 7.72. The Morgan fingerprint density at radius 2 is 1.60 bits per heavy atom. The van der Waals surface area contributed by atoms with Gasteiger partial charge in [0.1, 0.15) is 24.5 Å². The minimum atomic E-state index is -0.528. The number of methoxy groups -OCH3 is 1. The Bertz CT molecular complexity index is 1340. The molecule has 4 rings (SSSR count). The third-order valence-corrected chi connectivity index (χ3v) is 5.25. The zero-order valence-electron chi connectivity index (χ0n) is 19.2. The van der Waals surface area contributed by atoms with Crippen LogP contribution in [0.4, 0.5) is 5.69 Å². The lowest BCUT2D eigenvalue weighted by molar-refractivity contribution is -0.126. The summed E-state index contributed by atoms with van der Waals surface area (Å²) in [5.41, 5.74) is 4.78. The molecule has 0 unspecified atom stereocenters. The van der Waals surface area contributed by atoms with Crippen molar-refractivity contribution >= 4 is 34.5 Å². The second-order valence-electron chi connectivity index (χ2n) is 7.72. The summed E-state index contributed by atoms with van der Waals surface area (Å²) in [5, 5.41) is 8.72. The molecule has 0 aromatic heterocycles. The monoisotopic (exact) mass is 467 g/mol. The Labute approximate surface area is 203 Å². The molecule has 0 fully saturated rings. The molecule has 7 heteroatoms. The largest absolute Gasteiger partial charge is 0.497 e. The molecule has 0 saturated carbocycles. The van der Waals surface area contributed by atoms with Gasteiger partial charge in [0, 0.05) is 11.3 Å². The van der Waals surface area contributed by atoms with Gasteiger partial charge in [-0.05, 0) is 46.7 Å². The highest BCUT2D eigenvalue weighted by atomic mass is 16.5. The highest BCUT2D eigenvalue weighted by molar-refractivity contribution is 6.05. The van der Waals surface area contributed by atoms with Crippen LogP contribution in [0.1, 0.15) is 17.5 Å². The van der Waals surface area contributed by atoms with E-state index in [1.165, 1.54) is 0 Å². The van der Waals surface area contributed by atoms with E-state index in [-0.39, 0.29) is 6.42 Å². The Hall–Kier alpha value is -4.65. The van der Waals surface area contributed by atoms with Gasteiger partial charge in [-0.3, -0.25) is 9.59 Å². The summed E-state index contributed by atoms with van der Waals surface area (Å²) < 4.78 is 11.1. The Morgan fingerprint density at radius 1 is 0.857 bits per heavy atom. The van der Waals surface area contributed by atoms with Gasteiger partial charge < -0.3 is 14.8 Å². The van der Waals surface area contributed by atoms with Gasteiger partial charge in [-0.1, -0.05) is 60.7 Å². The lowest BCUT2D eigenvalue weighted by Crippen LogP contribution is -2.24. The van der Waals surface area contributed by atoms with Gasteiger partial charge in [-0.15, -0.1) is 0 Å². The maximum atomic E-state index is 12.3. The number of rotatable bonds is 9. The van der Waals surface area contributed by atoms with Gasteiger partial charge >= 0.3 is 0 Å². The molecule has 35 heavy (non-hydrogen) atoms. The van der Waals surface area contributed by atoms with Gasteiger partial charge in [0.15, 0.2) is 0 Å². The van der Waals surface area contributed by atoms with Crippen LogP contribution in [0.25, 0.3) is 10.8 Å². The number of hydrogen-bond donors (Lipinski definition) is 2. The number of carbonyl (C=O) groups excluding carboxylic acids is 2. The summed E-state index contributed by atoms with van der Waals surface area (Å²) in [4.78, 5) is 24.4. The topological polar surface area (TPSA) is 89.0 Å². The lowest BCUT2D eigenvalue weighted by Gasteiger charge is -2.12. The number of hydrazone groups is 1. The summed E-state index contributed by atoms with van der Waals surface area (Å²) in [6.45, 7) is 0.401. The first-order valence-corrected chi connectivity index (χ1v) is 11.1. The highest BCUT2D eigenvalue weighted by Crippen LogP contribution is 2.27. The fourth-order valence-electron chi connectivity index (χ4n) is 3.50. The van der Waals surface area contributed by atoms with Crippen LogP contribution >= 0.6 is 0 Å². The van der Waals surface area contributed by atoms with E-state index in [1.54, 1.807) is 37.6 Å². The third-order valence-electron chi connectivity index (χ3n) is 5.25. The fraction of sp³-hybridized carbons (Fsp3) is 0.107. The highest BCUT2D eigenvalue weighted by Gasteiger charge is 2.11. The van der Waals surface area contributed by atoms with Crippen molar-refractivity contribution in [1.82, 2.24) is 5.43 Å². The predicted octanol–water partition coefficient (Wildman–Crippen LogP) is 4.91. The van der Waals surface area contributed by atoms with Crippen LogP contribution in [-0.2, 0) is 16.2 Å². The second kappa shape index (κ2) is 11.5. The van der Waals surface area contributed by atoms with Crippen LogP contribution < -0.4 is 20.2 Å². The first-order valence-electron chi connectivity index (χ1n) is 11.1. The van der Waals surface area contributed by atoms with Crippen LogP contribution in [0.2, 0.25) is 0 Å². The van der Waals surface area contributed by atoms with Crippen molar-refractivity contribution in [3.63, 3.8) is 0 Å². The molecule has 0 spiro atoms. The zero-order valence-corrected chi connectivity index (χ0v) is 19.2. The van der Waals surface area contributed by atoms with Crippen LogP contribution in [-0.4, -0.2) is 25.1 Å². The summed E-state index contributed by atoms with van der Waals surface area (Å²) in [5.74, 6) is 0.345. The third kappa shape index (κ3) is 6.45. The Balaban J connectivity index is 1.41. The number of fused-ring (bicyclic) bond motifs is 1. The number of hydrogen-bond acceptors (Lipinski definition) is 5. The van der Waals surface area contributed by atoms with Crippen LogP contribution in [0.3, 0.4) is 0 Å². The summed E-state index contributed by atoms with van der Waals surface area (Å²) >= 11 is 0. The normalized spacial score (nSPS) is 10.8. The number of ether oxygens (including phenoxy) is 2. The number of nitrogens with zero attached hydrogens (tertiary/aromatic N) is 1. The molecule has 0 aliphatic heterocycles. The average Bonchev–Trinajstić information content (AvgIpc) is 2.89. The van der Waals surface area contributed by atoms with Crippen molar-refractivity contribution in [3.8, 4) is 11.5 Å². The predicted molar refractivity (Wildman–Crippen MR) is 137 cm³/mol. The van der Waals surface area contributed by atoms with Gasteiger partial charge in [-0.25, -0.2) is 5.43 Å². The number of amides is 2. The standard InChI is InChI=1S/C28H25N3O4/c1-34-23-14-12-22(13-15-23)30-27(32)17-28(33)31-29-18-25-24-10-6-5-9-21(24)11-16-26(25)35-19-20-7-3-2-4-8-20/h2-16,18H,17,19H2,1H3,(H,30,32)(H,31,33). The van der Waals surface area contributed by atoms with Gasteiger partial charge in [0.2, 0.25) is 11.8 Å². The minimum absolute atomic E-state index is 0.365. The van der Waals surface area contributed by atoms with Crippen LogP contribution in [0, 0.1) is 0 Å². The lowest BCUT2D eigenvalue weighted by atomic mass is 10.0. The fourth-order valence-corrected chi connectivity index (χ4v) is 3.50. The molecular weight excluding hydrogens is 442 g/mol. The van der Waals surface area contributed by atoms with E-state index < -0.39 is 11.8 Å². The molecule has 0 radical (unpaired) electrons. The summed E-state index contributed by atoms with van der Waals surface area (Å²) in [6.07, 6.45) is 1.18. The Morgan fingerprint density at radius 3 is 2.37 bits per heavy atom. The molecule has 0 aliphatic carbocycles. The van der Waals surface area contributed by atoms with Crippen molar-refractivity contribution in [3.05, 3.63) is 102 Å². The maximum Gasteiger partial charge on any atom is 0.249 e. The molecule has 0 bridgehead atoms. The van der Waals surface area contributed by atoms with Crippen molar-refractivity contribution < 1.29 is 19.1 Å². The smallest absolute Gasteiger partial charge is 0.249 e. The Kier molecular flexibility index (Phi) is 7.70. The number of benzene rings is 4. The molecular formula is C28H25N3O4. The first-order chi connectivity index (χ1) is 17.1.